The molecule has 1 unspecified atom stereocenters. The monoisotopic (exact) mass is 376 g/mol. The van der Waals surface area contributed by atoms with Crippen molar-refractivity contribution in [3.8, 4) is 0 Å². The van der Waals surface area contributed by atoms with E-state index in [1.165, 1.54) is 12.8 Å². The molecular formula is C20H25ClN2O3. The second-order valence-electron chi connectivity index (χ2n) is 7.61. The molecule has 2 saturated heterocycles. The van der Waals surface area contributed by atoms with Crippen LogP contribution < -0.4 is 0 Å². The first-order valence-electron chi connectivity index (χ1n) is 9.60. The van der Waals surface area contributed by atoms with Gasteiger partial charge in [0, 0.05) is 32.6 Å². The molecule has 0 spiro atoms. The van der Waals surface area contributed by atoms with Crippen LogP contribution in [0.1, 0.15) is 42.5 Å². The first-order valence-corrected chi connectivity index (χ1v) is 9.97. The lowest BCUT2D eigenvalue weighted by molar-refractivity contribution is -0.142. The van der Waals surface area contributed by atoms with Gasteiger partial charge in [-0.05, 0) is 43.7 Å². The number of amides is 2. The van der Waals surface area contributed by atoms with Gasteiger partial charge in [0.2, 0.25) is 0 Å². The van der Waals surface area contributed by atoms with E-state index in [1.807, 2.05) is 21.9 Å². The number of benzene rings is 1. The summed E-state index contributed by atoms with van der Waals surface area (Å²) in [6, 6.07) is 7.15. The lowest BCUT2D eigenvalue weighted by atomic mass is 10.1. The second kappa shape index (κ2) is 7.57. The van der Waals surface area contributed by atoms with Crippen molar-refractivity contribution < 1.29 is 14.3 Å². The van der Waals surface area contributed by atoms with E-state index in [1.54, 1.807) is 12.1 Å². The number of hydrogen-bond donors (Lipinski definition) is 0. The average molecular weight is 377 g/mol. The number of hydrogen-bond acceptors (Lipinski definition) is 3. The first-order chi connectivity index (χ1) is 12.6. The molecule has 0 N–H and O–H groups in total. The zero-order valence-electron chi connectivity index (χ0n) is 14.9. The van der Waals surface area contributed by atoms with Crippen LogP contribution in [0.2, 0.25) is 5.02 Å². The number of nitrogens with zero attached hydrogens (tertiary/aromatic N) is 2. The van der Waals surface area contributed by atoms with Gasteiger partial charge >= 0.3 is 0 Å². The van der Waals surface area contributed by atoms with Crippen LogP contribution in [0.3, 0.4) is 0 Å². The Kier molecular flexibility index (Phi) is 5.18. The summed E-state index contributed by atoms with van der Waals surface area (Å²) in [4.78, 5) is 28.9. The fraction of sp³-hybridized carbons (Fsp3) is 0.600. The molecule has 6 heteroatoms. The van der Waals surface area contributed by atoms with Crippen molar-refractivity contribution in [3.63, 3.8) is 0 Å². The third-order valence-corrected chi connectivity index (χ3v) is 5.94. The maximum atomic E-state index is 12.6. The van der Waals surface area contributed by atoms with Gasteiger partial charge in [0.1, 0.15) is 6.10 Å². The summed E-state index contributed by atoms with van der Waals surface area (Å²) in [5, 5.41) is 0.489. The van der Waals surface area contributed by atoms with E-state index in [4.69, 9.17) is 16.3 Å². The van der Waals surface area contributed by atoms with Crippen LogP contribution in [0.5, 0.6) is 0 Å². The van der Waals surface area contributed by atoms with Crippen molar-refractivity contribution in [3.05, 3.63) is 34.9 Å². The zero-order chi connectivity index (χ0) is 18.1. The molecule has 2 heterocycles. The molecular weight excluding hydrogens is 352 g/mol. The Morgan fingerprint density at radius 2 is 1.81 bits per heavy atom. The third kappa shape index (κ3) is 3.89. The van der Waals surface area contributed by atoms with Gasteiger partial charge < -0.3 is 14.5 Å². The normalized spacial score (nSPS) is 24.3. The van der Waals surface area contributed by atoms with Crippen LogP contribution in [-0.2, 0) is 9.53 Å². The molecule has 26 heavy (non-hydrogen) atoms. The molecule has 5 nitrogen and oxygen atoms in total. The van der Waals surface area contributed by atoms with E-state index in [0.29, 0.717) is 23.7 Å². The maximum Gasteiger partial charge on any atom is 0.255 e. The van der Waals surface area contributed by atoms with Gasteiger partial charge in [-0.25, -0.2) is 0 Å². The minimum Gasteiger partial charge on any atom is -0.365 e. The van der Waals surface area contributed by atoms with Crippen molar-refractivity contribution >= 4 is 23.4 Å². The Bertz CT molecular complexity index is 683. The van der Waals surface area contributed by atoms with Crippen LogP contribution in [0, 0.1) is 5.92 Å². The van der Waals surface area contributed by atoms with Crippen LogP contribution in [0.4, 0.5) is 0 Å². The maximum absolute atomic E-state index is 12.6. The van der Waals surface area contributed by atoms with E-state index < -0.39 is 0 Å². The predicted octanol–water partition coefficient (Wildman–Crippen LogP) is 2.97. The molecule has 4 rings (SSSR count). The summed E-state index contributed by atoms with van der Waals surface area (Å²) < 4.78 is 6.10. The quantitative estimate of drug-likeness (QED) is 0.793. The summed E-state index contributed by atoms with van der Waals surface area (Å²) in [6.45, 7) is 3.01. The fourth-order valence-electron chi connectivity index (χ4n) is 3.86. The second-order valence-corrected chi connectivity index (χ2v) is 8.02. The number of rotatable bonds is 5. The van der Waals surface area contributed by atoms with Crippen molar-refractivity contribution in [1.82, 2.24) is 9.80 Å². The topological polar surface area (TPSA) is 49.9 Å². The molecule has 1 atom stereocenters. The Morgan fingerprint density at radius 1 is 1.08 bits per heavy atom. The molecule has 2 aliphatic heterocycles. The van der Waals surface area contributed by atoms with Gasteiger partial charge in [-0.3, -0.25) is 9.59 Å². The van der Waals surface area contributed by atoms with Crippen molar-refractivity contribution in [2.75, 3.05) is 26.2 Å². The highest BCUT2D eigenvalue weighted by Gasteiger charge is 2.37. The largest absolute Gasteiger partial charge is 0.365 e. The Morgan fingerprint density at radius 3 is 2.50 bits per heavy atom. The van der Waals surface area contributed by atoms with Crippen LogP contribution in [0.25, 0.3) is 0 Å². The van der Waals surface area contributed by atoms with Gasteiger partial charge in [-0.2, -0.15) is 0 Å². The number of halogens is 1. The first kappa shape index (κ1) is 17.8. The number of piperidine rings is 1. The van der Waals surface area contributed by atoms with Crippen molar-refractivity contribution in [2.24, 2.45) is 5.92 Å². The van der Waals surface area contributed by atoms with E-state index in [2.05, 4.69) is 0 Å². The Hall–Kier alpha value is -1.59. The number of carbonyl (C=O) groups excluding carboxylic acids is 2. The summed E-state index contributed by atoms with van der Waals surface area (Å²) >= 11 is 6.14. The highest BCUT2D eigenvalue weighted by atomic mass is 35.5. The molecule has 0 bridgehead atoms. The molecule has 2 amide bonds. The third-order valence-electron chi connectivity index (χ3n) is 5.61. The SMILES string of the molecule is O=C(c1ccccc1Cl)N1CCC(OC2CCN(CC3CC3)C2=O)CC1. The molecule has 1 aromatic rings. The molecule has 0 radical (unpaired) electrons. The summed E-state index contributed by atoms with van der Waals surface area (Å²) in [7, 11) is 0. The van der Waals surface area contributed by atoms with E-state index in [-0.39, 0.29) is 24.0 Å². The van der Waals surface area contributed by atoms with E-state index >= 15 is 0 Å². The molecule has 3 fully saturated rings. The smallest absolute Gasteiger partial charge is 0.255 e. The van der Waals surface area contributed by atoms with Gasteiger partial charge in [-0.15, -0.1) is 0 Å². The molecule has 0 aromatic heterocycles. The predicted molar refractivity (Wildman–Crippen MR) is 99.2 cm³/mol. The van der Waals surface area contributed by atoms with Gasteiger partial charge in [0.05, 0.1) is 16.7 Å². The lowest BCUT2D eigenvalue weighted by Gasteiger charge is -2.33. The standard InChI is InChI=1S/C20H25ClN2O3/c21-17-4-2-1-3-16(17)19(24)22-10-7-15(8-11-22)26-18-9-12-23(20(18)25)13-14-5-6-14/h1-4,14-15,18H,5-13H2. The number of likely N-dealkylation sites (tertiary alicyclic amines) is 2. The molecule has 140 valence electrons. The molecule has 1 saturated carbocycles. The molecule has 3 aliphatic rings. The van der Waals surface area contributed by atoms with E-state index in [9.17, 15) is 9.59 Å². The van der Waals surface area contributed by atoms with Crippen LogP contribution in [0.15, 0.2) is 24.3 Å². The minimum atomic E-state index is -0.287. The van der Waals surface area contributed by atoms with Gasteiger partial charge in [0.25, 0.3) is 11.8 Å². The lowest BCUT2D eigenvalue weighted by Crippen LogP contribution is -2.43. The van der Waals surface area contributed by atoms with Crippen molar-refractivity contribution in [2.45, 2.75) is 44.3 Å². The van der Waals surface area contributed by atoms with Crippen LogP contribution in [-0.4, -0.2) is 60.0 Å². The highest BCUT2D eigenvalue weighted by molar-refractivity contribution is 6.33. The van der Waals surface area contributed by atoms with Crippen LogP contribution >= 0.6 is 11.6 Å². The van der Waals surface area contributed by atoms with E-state index in [0.717, 1.165) is 38.3 Å². The number of carbonyl (C=O) groups is 2. The summed E-state index contributed by atoms with van der Waals surface area (Å²) in [5.41, 5.74) is 0.551. The fourth-order valence-corrected chi connectivity index (χ4v) is 4.08. The summed E-state index contributed by atoms with van der Waals surface area (Å²) in [5.74, 6) is 0.852. The van der Waals surface area contributed by atoms with Gasteiger partial charge in [-0.1, -0.05) is 23.7 Å². The Balaban J connectivity index is 1.27. The highest BCUT2D eigenvalue weighted by Crippen LogP contribution is 2.32. The molecule has 1 aliphatic carbocycles. The zero-order valence-corrected chi connectivity index (χ0v) is 15.7. The minimum absolute atomic E-state index is 0.0263. The van der Waals surface area contributed by atoms with Crippen molar-refractivity contribution in [1.29, 1.82) is 0 Å². The average Bonchev–Trinajstić information content (AvgIpc) is 3.41. The molecule has 1 aromatic carbocycles. The Labute approximate surface area is 159 Å². The summed E-state index contributed by atoms with van der Waals surface area (Å²) in [6.07, 6.45) is 4.61. The number of ether oxygens (including phenoxy) is 1. The van der Waals surface area contributed by atoms with Gasteiger partial charge in [0.15, 0.2) is 0 Å².